The zero-order chi connectivity index (χ0) is 12.2. The average molecular weight is 280 g/mol. The van der Waals surface area contributed by atoms with E-state index in [1.54, 1.807) is 0 Å². The highest BCUT2D eigenvalue weighted by molar-refractivity contribution is 9.09. The molecule has 1 aromatic rings. The van der Waals surface area contributed by atoms with Gasteiger partial charge in [0.1, 0.15) is 0 Å². The number of hydrogen-bond donors (Lipinski definition) is 0. The first-order valence-electron chi connectivity index (χ1n) is 5.52. The van der Waals surface area contributed by atoms with E-state index in [9.17, 15) is 0 Å². The zero-order valence-corrected chi connectivity index (χ0v) is 11.7. The number of nitriles is 1. The van der Waals surface area contributed by atoms with Crippen LogP contribution in [0.25, 0.3) is 0 Å². The molecule has 0 radical (unpaired) electrons. The van der Waals surface area contributed by atoms with E-state index in [1.165, 1.54) is 11.1 Å². The third-order valence-electron chi connectivity index (χ3n) is 2.67. The third-order valence-corrected chi connectivity index (χ3v) is 3.45. The highest BCUT2D eigenvalue weighted by Gasteiger charge is 2.13. The van der Waals surface area contributed by atoms with Gasteiger partial charge in [0.25, 0.3) is 0 Å². The van der Waals surface area contributed by atoms with Crippen LogP contribution in [0.3, 0.4) is 0 Å². The highest BCUT2D eigenvalue weighted by Crippen LogP contribution is 2.23. The maximum atomic E-state index is 8.89. The van der Waals surface area contributed by atoms with E-state index in [4.69, 9.17) is 5.26 Å². The fourth-order valence-electron chi connectivity index (χ4n) is 1.56. The minimum atomic E-state index is 0.0699. The summed E-state index contributed by atoms with van der Waals surface area (Å²) in [6, 6.07) is 10.9. The molecule has 1 unspecified atom stereocenters. The smallest absolute Gasteiger partial charge is 0.0668 e. The Balaban J connectivity index is 2.77. The number of alkyl halides is 1. The molecular weight excluding hydrogens is 262 g/mol. The Morgan fingerprint density at radius 1 is 1.25 bits per heavy atom. The molecular formula is C14H18BrN. The Bertz CT molecular complexity index is 367. The van der Waals surface area contributed by atoms with Crippen LogP contribution in [-0.4, -0.2) is 5.33 Å². The summed E-state index contributed by atoms with van der Waals surface area (Å²) in [7, 11) is 0. The van der Waals surface area contributed by atoms with Crippen LogP contribution in [0.15, 0.2) is 24.3 Å². The molecule has 1 rings (SSSR count). The van der Waals surface area contributed by atoms with Gasteiger partial charge in [-0.2, -0.15) is 5.26 Å². The number of halogens is 1. The fourth-order valence-corrected chi connectivity index (χ4v) is 1.93. The van der Waals surface area contributed by atoms with Crippen molar-refractivity contribution in [1.29, 1.82) is 5.26 Å². The number of benzene rings is 1. The molecule has 0 fully saturated rings. The molecule has 0 spiro atoms. The number of nitrogens with zero attached hydrogens (tertiary/aromatic N) is 1. The predicted molar refractivity (Wildman–Crippen MR) is 71.7 cm³/mol. The first-order chi connectivity index (χ1) is 7.47. The maximum absolute atomic E-state index is 8.89. The zero-order valence-electron chi connectivity index (χ0n) is 10.1. The summed E-state index contributed by atoms with van der Waals surface area (Å²) in [6.45, 7) is 6.62. The molecule has 0 heterocycles. The van der Waals surface area contributed by atoms with Crippen molar-refractivity contribution in [3.63, 3.8) is 0 Å². The van der Waals surface area contributed by atoms with Crippen LogP contribution in [0.5, 0.6) is 0 Å². The molecule has 0 bridgehead atoms. The van der Waals surface area contributed by atoms with Crippen LogP contribution >= 0.6 is 15.9 Å². The van der Waals surface area contributed by atoms with Gasteiger partial charge >= 0.3 is 0 Å². The summed E-state index contributed by atoms with van der Waals surface area (Å²) >= 11 is 3.36. The largest absolute Gasteiger partial charge is 0.198 e. The normalized spacial score (nSPS) is 13.2. The van der Waals surface area contributed by atoms with Crippen molar-refractivity contribution in [1.82, 2.24) is 0 Å². The summed E-state index contributed by atoms with van der Waals surface area (Å²) < 4.78 is 0. The van der Waals surface area contributed by atoms with Crippen LogP contribution in [0.1, 0.15) is 31.9 Å². The first-order valence-corrected chi connectivity index (χ1v) is 6.64. The monoisotopic (exact) mass is 279 g/mol. The van der Waals surface area contributed by atoms with Gasteiger partial charge in [-0.3, -0.25) is 0 Å². The molecule has 0 aromatic heterocycles. The second-order valence-electron chi connectivity index (χ2n) is 5.13. The lowest BCUT2D eigenvalue weighted by atomic mass is 9.86. The Kier molecular flexibility index (Phi) is 4.56. The average Bonchev–Trinajstić information content (AvgIpc) is 2.25. The molecule has 0 aliphatic rings. The summed E-state index contributed by atoms with van der Waals surface area (Å²) in [6.07, 6.45) is 0.826. The van der Waals surface area contributed by atoms with Gasteiger partial charge in [-0.25, -0.2) is 0 Å². The molecule has 0 saturated heterocycles. The summed E-state index contributed by atoms with van der Waals surface area (Å²) in [5, 5.41) is 9.63. The minimum Gasteiger partial charge on any atom is -0.198 e. The van der Waals surface area contributed by atoms with Gasteiger partial charge in [-0.1, -0.05) is 61.0 Å². The fraction of sp³-hybridized carbons (Fsp3) is 0.500. The maximum Gasteiger partial charge on any atom is 0.0668 e. The van der Waals surface area contributed by atoms with Crippen molar-refractivity contribution in [3.8, 4) is 6.07 Å². The standard InChI is InChI=1S/C14H18BrN/c1-14(2,3)13-6-4-11(5-7-13)8-12(9-15)10-16/h4-7,12H,8-9H2,1-3H3. The van der Waals surface area contributed by atoms with E-state index in [2.05, 4.69) is 67.0 Å². The highest BCUT2D eigenvalue weighted by atomic mass is 79.9. The topological polar surface area (TPSA) is 23.8 Å². The molecule has 16 heavy (non-hydrogen) atoms. The number of hydrogen-bond acceptors (Lipinski definition) is 1. The van der Waals surface area contributed by atoms with Gasteiger partial charge in [0, 0.05) is 5.33 Å². The van der Waals surface area contributed by atoms with E-state index in [-0.39, 0.29) is 11.3 Å². The predicted octanol–water partition coefficient (Wildman–Crippen LogP) is 4.06. The van der Waals surface area contributed by atoms with Gasteiger partial charge in [0.05, 0.1) is 12.0 Å². The lowest BCUT2D eigenvalue weighted by Gasteiger charge is -2.19. The van der Waals surface area contributed by atoms with Crippen LogP contribution in [-0.2, 0) is 11.8 Å². The molecule has 1 aromatic carbocycles. The van der Waals surface area contributed by atoms with Crippen LogP contribution in [0.4, 0.5) is 0 Å². The molecule has 2 heteroatoms. The third kappa shape index (κ3) is 3.64. The lowest BCUT2D eigenvalue weighted by molar-refractivity contribution is 0.589. The Hall–Kier alpha value is -0.810. The van der Waals surface area contributed by atoms with E-state index in [1.807, 2.05) is 0 Å². The molecule has 0 saturated carbocycles. The van der Waals surface area contributed by atoms with Gasteiger partial charge in [0.2, 0.25) is 0 Å². The second kappa shape index (κ2) is 5.50. The lowest BCUT2D eigenvalue weighted by Crippen LogP contribution is -2.11. The summed E-state index contributed by atoms with van der Waals surface area (Å²) in [5.41, 5.74) is 2.77. The second-order valence-corrected chi connectivity index (χ2v) is 5.78. The van der Waals surface area contributed by atoms with E-state index < -0.39 is 0 Å². The molecule has 0 aliphatic heterocycles. The molecule has 0 amide bonds. The summed E-state index contributed by atoms with van der Waals surface area (Å²) in [4.78, 5) is 0. The van der Waals surface area contributed by atoms with Crippen molar-refractivity contribution >= 4 is 15.9 Å². The minimum absolute atomic E-state index is 0.0699. The SMILES string of the molecule is CC(C)(C)c1ccc(CC(C#N)CBr)cc1. The molecule has 1 nitrogen and oxygen atoms in total. The van der Waals surface area contributed by atoms with Crippen molar-refractivity contribution < 1.29 is 0 Å². The molecule has 86 valence electrons. The van der Waals surface area contributed by atoms with Gasteiger partial charge in [-0.05, 0) is 23.0 Å². The molecule has 0 N–H and O–H groups in total. The first kappa shape index (κ1) is 13.3. The van der Waals surface area contributed by atoms with Crippen molar-refractivity contribution in [2.75, 3.05) is 5.33 Å². The quantitative estimate of drug-likeness (QED) is 0.766. The Morgan fingerprint density at radius 3 is 2.19 bits per heavy atom. The van der Waals surface area contributed by atoms with Gasteiger partial charge in [0.15, 0.2) is 0 Å². The van der Waals surface area contributed by atoms with Crippen LogP contribution in [0.2, 0.25) is 0 Å². The van der Waals surface area contributed by atoms with Crippen LogP contribution < -0.4 is 0 Å². The number of rotatable bonds is 3. The van der Waals surface area contributed by atoms with E-state index in [0.717, 1.165) is 11.8 Å². The van der Waals surface area contributed by atoms with Crippen molar-refractivity contribution in [2.45, 2.75) is 32.6 Å². The molecule has 0 aliphatic carbocycles. The molecule has 1 atom stereocenters. The van der Waals surface area contributed by atoms with Gasteiger partial charge in [-0.15, -0.1) is 0 Å². The van der Waals surface area contributed by atoms with E-state index in [0.29, 0.717) is 0 Å². The van der Waals surface area contributed by atoms with Crippen molar-refractivity contribution in [2.24, 2.45) is 5.92 Å². The van der Waals surface area contributed by atoms with E-state index >= 15 is 0 Å². The Labute approximate surface area is 107 Å². The van der Waals surface area contributed by atoms with Gasteiger partial charge < -0.3 is 0 Å². The van der Waals surface area contributed by atoms with Crippen molar-refractivity contribution in [3.05, 3.63) is 35.4 Å². The Morgan fingerprint density at radius 2 is 1.81 bits per heavy atom. The summed E-state index contributed by atoms with van der Waals surface area (Å²) in [5.74, 6) is 0.0699. The van der Waals surface area contributed by atoms with Crippen LogP contribution in [0, 0.1) is 17.2 Å².